The Morgan fingerprint density at radius 3 is 2.08 bits per heavy atom. The highest BCUT2D eigenvalue weighted by Gasteiger charge is 2.31. The maximum Gasteiger partial charge on any atom is 0.326 e. The van der Waals surface area contributed by atoms with Gasteiger partial charge in [-0.15, -0.1) is 0 Å². The molecular formula is C26H37N7O7. The zero-order valence-corrected chi connectivity index (χ0v) is 22.4. The highest BCUT2D eigenvalue weighted by atomic mass is 16.4. The van der Waals surface area contributed by atoms with Crippen molar-refractivity contribution in [3.8, 4) is 5.75 Å². The lowest BCUT2D eigenvalue weighted by Crippen LogP contribution is -2.58. The molecular weight excluding hydrogens is 522 g/mol. The van der Waals surface area contributed by atoms with E-state index in [9.17, 15) is 34.2 Å². The smallest absolute Gasteiger partial charge is 0.326 e. The summed E-state index contributed by atoms with van der Waals surface area (Å²) in [4.78, 5) is 69.1. The van der Waals surface area contributed by atoms with E-state index in [-0.39, 0.29) is 43.8 Å². The van der Waals surface area contributed by atoms with Crippen molar-refractivity contribution in [2.75, 3.05) is 0 Å². The lowest BCUT2D eigenvalue weighted by Gasteiger charge is -2.25. The molecule has 40 heavy (non-hydrogen) atoms. The Hall–Kier alpha value is -4.46. The lowest BCUT2D eigenvalue weighted by atomic mass is 10.0. The van der Waals surface area contributed by atoms with Crippen LogP contribution < -0.4 is 27.4 Å². The molecule has 1 aromatic carbocycles. The van der Waals surface area contributed by atoms with Crippen molar-refractivity contribution in [3.63, 3.8) is 0 Å². The predicted molar refractivity (Wildman–Crippen MR) is 143 cm³/mol. The highest BCUT2D eigenvalue weighted by Crippen LogP contribution is 2.13. The third-order valence-electron chi connectivity index (χ3n) is 5.97. The van der Waals surface area contributed by atoms with E-state index in [0.29, 0.717) is 11.3 Å². The second-order valence-electron chi connectivity index (χ2n) is 9.91. The van der Waals surface area contributed by atoms with Gasteiger partial charge in [-0.05, 0) is 36.5 Å². The van der Waals surface area contributed by atoms with Gasteiger partial charge in [0, 0.05) is 31.2 Å². The number of aromatic nitrogens is 2. The molecule has 4 atom stereocenters. The number of nitrogens with two attached hydrogens (primary N) is 2. The van der Waals surface area contributed by atoms with Crippen LogP contribution in [0.5, 0.6) is 5.75 Å². The Morgan fingerprint density at radius 1 is 0.925 bits per heavy atom. The van der Waals surface area contributed by atoms with E-state index in [2.05, 4.69) is 25.9 Å². The van der Waals surface area contributed by atoms with Crippen LogP contribution in [0.15, 0.2) is 36.8 Å². The molecule has 4 unspecified atom stereocenters. The molecule has 4 amide bonds. The van der Waals surface area contributed by atoms with Crippen LogP contribution in [0.4, 0.5) is 0 Å². The number of phenols is 1. The maximum atomic E-state index is 13.3. The van der Waals surface area contributed by atoms with E-state index in [4.69, 9.17) is 11.5 Å². The number of nitrogens with zero attached hydrogens (tertiary/aromatic N) is 1. The van der Waals surface area contributed by atoms with Gasteiger partial charge in [0.2, 0.25) is 23.6 Å². The molecule has 0 bridgehead atoms. The summed E-state index contributed by atoms with van der Waals surface area (Å²) in [5.41, 5.74) is 12.4. The molecule has 0 radical (unpaired) electrons. The number of primary amides is 1. The Bertz CT molecular complexity index is 1150. The summed E-state index contributed by atoms with van der Waals surface area (Å²) in [7, 11) is 0. The molecule has 0 fully saturated rings. The first-order valence-corrected chi connectivity index (χ1v) is 12.8. The fourth-order valence-corrected chi connectivity index (χ4v) is 3.87. The number of carboxylic acid groups (broad SMARTS) is 1. The Balaban J connectivity index is 2.24. The molecule has 14 heteroatoms. The average Bonchev–Trinajstić information content (AvgIpc) is 3.39. The molecule has 14 nitrogen and oxygen atoms in total. The van der Waals surface area contributed by atoms with Crippen LogP contribution in [-0.4, -0.2) is 73.9 Å². The first kappa shape index (κ1) is 31.8. The lowest BCUT2D eigenvalue weighted by molar-refractivity contribution is -0.142. The SMILES string of the molecule is CC(C)CC(NC(=O)C(Cc1ccc(O)cc1)NC(=O)C(CCC(N)=O)NC(=O)C(N)Cc1cnc[nH]1)C(=O)O. The number of imidazole rings is 1. The first-order chi connectivity index (χ1) is 18.8. The van der Waals surface area contributed by atoms with Gasteiger partial charge in [0.25, 0.3) is 0 Å². The standard InChI is InChI=1S/C26H37N7O7/c1-14(2)9-21(26(39)40)33-25(38)20(10-15-3-5-17(34)6-4-15)32-24(37)19(7-8-22(28)35)31-23(36)18(27)11-16-12-29-13-30-16/h3-6,12-14,18-21,34H,7-11,27H2,1-2H3,(H2,28,35)(H,29,30)(H,31,36)(H,32,37)(H,33,38)(H,39,40). The Labute approximate surface area is 231 Å². The first-order valence-electron chi connectivity index (χ1n) is 12.8. The number of benzene rings is 1. The van der Waals surface area contributed by atoms with Crippen molar-refractivity contribution in [2.45, 2.75) is 70.1 Å². The van der Waals surface area contributed by atoms with Crippen molar-refractivity contribution in [2.24, 2.45) is 17.4 Å². The van der Waals surface area contributed by atoms with E-state index in [1.807, 2.05) is 0 Å². The van der Waals surface area contributed by atoms with E-state index in [0.717, 1.165) is 0 Å². The molecule has 0 saturated heterocycles. The summed E-state index contributed by atoms with van der Waals surface area (Å²) in [6.45, 7) is 3.61. The third-order valence-corrected chi connectivity index (χ3v) is 5.97. The summed E-state index contributed by atoms with van der Waals surface area (Å²) < 4.78 is 0. The number of carboxylic acids is 1. The molecule has 0 aliphatic carbocycles. The predicted octanol–water partition coefficient (Wildman–Crippen LogP) is -0.922. The van der Waals surface area contributed by atoms with Gasteiger partial charge in [-0.3, -0.25) is 19.2 Å². The van der Waals surface area contributed by atoms with E-state index < -0.39 is 53.8 Å². The second-order valence-corrected chi connectivity index (χ2v) is 9.91. The number of rotatable bonds is 16. The number of aromatic amines is 1. The molecule has 218 valence electrons. The van der Waals surface area contributed by atoms with E-state index >= 15 is 0 Å². The zero-order valence-electron chi connectivity index (χ0n) is 22.4. The molecule has 0 aliphatic rings. The summed E-state index contributed by atoms with van der Waals surface area (Å²) in [6, 6.07) is 1.14. The highest BCUT2D eigenvalue weighted by molar-refractivity contribution is 5.94. The fourth-order valence-electron chi connectivity index (χ4n) is 3.87. The number of hydrogen-bond donors (Lipinski definition) is 8. The van der Waals surface area contributed by atoms with Gasteiger partial charge in [0.15, 0.2) is 0 Å². The number of carbonyl (C=O) groups is 5. The molecule has 2 aromatic rings. The second kappa shape index (κ2) is 15.2. The summed E-state index contributed by atoms with van der Waals surface area (Å²) in [6.07, 6.45) is 2.74. The van der Waals surface area contributed by atoms with Crippen LogP contribution in [0.1, 0.15) is 44.4 Å². The number of amides is 4. The van der Waals surface area contributed by atoms with Crippen LogP contribution in [0.25, 0.3) is 0 Å². The van der Waals surface area contributed by atoms with Crippen LogP contribution >= 0.6 is 0 Å². The Kier molecular flexibility index (Phi) is 12.1. The number of aliphatic carboxylic acids is 1. The van der Waals surface area contributed by atoms with Gasteiger partial charge in [-0.2, -0.15) is 0 Å². The third kappa shape index (κ3) is 10.7. The van der Waals surface area contributed by atoms with Crippen LogP contribution in [0, 0.1) is 5.92 Å². The number of H-pyrrole nitrogens is 1. The molecule has 0 aliphatic heterocycles. The molecule has 0 spiro atoms. The van der Waals surface area contributed by atoms with Crippen LogP contribution in [-0.2, 0) is 36.8 Å². The maximum absolute atomic E-state index is 13.3. The van der Waals surface area contributed by atoms with Gasteiger partial charge >= 0.3 is 5.97 Å². The molecule has 2 rings (SSSR count). The van der Waals surface area contributed by atoms with E-state index in [1.165, 1.54) is 24.7 Å². The van der Waals surface area contributed by atoms with Crippen molar-refractivity contribution in [3.05, 3.63) is 48.0 Å². The normalized spacial score (nSPS) is 14.0. The Morgan fingerprint density at radius 2 is 1.52 bits per heavy atom. The van der Waals surface area contributed by atoms with E-state index in [1.54, 1.807) is 26.0 Å². The van der Waals surface area contributed by atoms with Crippen molar-refractivity contribution in [1.82, 2.24) is 25.9 Å². The summed E-state index contributed by atoms with van der Waals surface area (Å²) in [5, 5.41) is 26.7. The monoisotopic (exact) mass is 559 g/mol. The van der Waals surface area contributed by atoms with Crippen molar-refractivity contribution in [1.29, 1.82) is 0 Å². The minimum Gasteiger partial charge on any atom is -0.508 e. The van der Waals surface area contributed by atoms with Gasteiger partial charge in [-0.1, -0.05) is 26.0 Å². The van der Waals surface area contributed by atoms with Crippen molar-refractivity contribution >= 4 is 29.6 Å². The summed E-state index contributed by atoms with van der Waals surface area (Å²) in [5.74, 6) is -4.20. The minimum atomic E-state index is -1.27. The molecule has 1 aromatic heterocycles. The quantitative estimate of drug-likeness (QED) is 0.127. The zero-order chi connectivity index (χ0) is 29.8. The fraction of sp³-hybridized carbons (Fsp3) is 0.462. The number of aromatic hydroxyl groups is 1. The van der Waals surface area contributed by atoms with Gasteiger partial charge < -0.3 is 42.6 Å². The number of nitrogens with one attached hydrogen (secondary N) is 4. The van der Waals surface area contributed by atoms with Crippen LogP contribution in [0.3, 0.4) is 0 Å². The molecule has 1 heterocycles. The van der Waals surface area contributed by atoms with Gasteiger partial charge in [0.05, 0.1) is 12.4 Å². The minimum absolute atomic E-state index is 0.00245. The molecule has 0 saturated carbocycles. The van der Waals surface area contributed by atoms with Crippen molar-refractivity contribution < 1.29 is 34.2 Å². The number of hydrogen-bond acceptors (Lipinski definition) is 8. The number of phenolic OH excluding ortho intramolecular Hbond substituents is 1. The van der Waals surface area contributed by atoms with Gasteiger partial charge in [0.1, 0.15) is 23.9 Å². The largest absolute Gasteiger partial charge is 0.508 e. The number of carbonyl (C=O) groups excluding carboxylic acids is 4. The molecule has 10 N–H and O–H groups in total. The summed E-state index contributed by atoms with van der Waals surface area (Å²) >= 11 is 0. The topological polar surface area (TPSA) is 243 Å². The average molecular weight is 560 g/mol. The van der Waals surface area contributed by atoms with Crippen LogP contribution in [0.2, 0.25) is 0 Å². The van der Waals surface area contributed by atoms with Gasteiger partial charge in [-0.25, -0.2) is 9.78 Å².